The Bertz CT molecular complexity index is 786. The molecular weight excluding hydrogens is 344 g/mol. The van der Waals surface area contributed by atoms with E-state index in [1.165, 1.54) is 6.42 Å². The second kappa shape index (κ2) is 7.06. The van der Waals surface area contributed by atoms with E-state index in [0.717, 1.165) is 30.6 Å². The number of fused-ring (bicyclic) bond motifs is 1. The van der Waals surface area contributed by atoms with Gasteiger partial charge in [-0.2, -0.15) is 0 Å². The molecule has 2 atom stereocenters. The first-order valence-corrected chi connectivity index (χ1v) is 9.50. The van der Waals surface area contributed by atoms with Crippen molar-refractivity contribution in [3.05, 3.63) is 42.1 Å². The highest BCUT2D eigenvalue weighted by atomic mass is 16.2. The molecule has 4 amide bonds. The molecule has 2 N–H and O–H groups in total. The van der Waals surface area contributed by atoms with Crippen molar-refractivity contribution < 1.29 is 14.4 Å². The maximum Gasteiger partial charge on any atom is 0.329 e. The van der Waals surface area contributed by atoms with E-state index in [2.05, 4.69) is 10.6 Å². The molecule has 27 heavy (non-hydrogen) atoms. The highest BCUT2D eigenvalue weighted by molar-refractivity contribution is 6.19. The van der Waals surface area contributed by atoms with Crippen molar-refractivity contribution in [1.82, 2.24) is 15.5 Å². The fraction of sp³-hybridized carbons (Fsp3) is 0.450. The zero-order valence-corrected chi connectivity index (χ0v) is 15.4. The van der Waals surface area contributed by atoms with Crippen LogP contribution in [0.2, 0.25) is 0 Å². The Balaban J connectivity index is 1.53. The average Bonchev–Trinajstić information content (AvgIpc) is 3.00. The number of rotatable bonds is 3. The van der Waals surface area contributed by atoms with Crippen LogP contribution >= 0.6 is 0 Å². The van der Waals surface area contributed by atoms with E-state index >= 15 is 0 Å². The minimum Gasteiger partial charge on any atom is -0.366 e. The lowest BCUT2D eigenvalue weighted by molar-refractivity contribution is -0.122. The second-order valence-corrected chi connectivity index (χ2v) is 7.44. The maximum atomic E-state index is 13.0. The van der Waals surface area contributed by atoms with Crippen molar-refractivity contribution in [3.8, 4) is 0 Å². The van der Waals surface area contributed by atoms with Gasteiger partial charge in [-0.05, 0) is 25.0 Å². The van der Waals surface area contributed by atoms with Gasteiger partial charge in [0.15, 0.2) is 0 Å². The topological polar surface area (TPSA) is 81.8 Å². The first kappa shape index (κ1) is 17.6. The number of anilines is 1. The zero-order chi connectivity index (χ0) is 19.0. The van der Waals surface area contributed by atoms with E-state index in [0.29, 0.717) is 11.3 Å². The van der Waals surface area contributed by atoms with Crippen LogP contribution in [0.15, 0.2) is 42.1 Å². The summed E-state index contributed by atoms with van der Waals surface area (Å²) in [5.41, 5.74) is 0.967. The Labute approximate surface area is 158 Å². The summed E-state index contributed by atoms with van der Waals surface area (Å²) in [4.78, 5) is 41.3. The number of nitrogens with zero attached hydrogens (tertiary/aromatic N) is 2. The standard InChI is InChI=1S/C20H24N4O3/c1-23-12-15(18(25)21-13-8-4-2-5-9-13)16-17(23)19(26)24(20(27)22-16)14-10-6-3-7-11-14/h3,6-7,10-13,16-17H,2,4-5,8-9H2,1H3,(H,21,25)(H,22,27). The van der Waals surface area contributed by atoms with E-state index in [4.69, 9.17) is 0 Å². The van der Waals surface area contributed by atoms with Crippen molar-refractivity contribution in [3.63, 3.8) is 0 Å². The lowest BCUT2D eigenvalue weighted by Crippen LogP contribution is -2.65. The van der Waals surface area contributed by atoms with Gasteiger partial charge in [-0.3, -0.25) is 9.59 Å². The minimum atomic E-state index is -0.626. The number of imide groups is 1. The number of likely N-dealkylation sites (N-methyl/N-ethyl adjacent to an activating group) is 1. The molecule has 1 saturated heterocycles. The van der Waals surface area contributed by atoms with Gasteiger partial charge < -0.3 is 15.5 Å². The van der Waals surface area contributed by atoms with E-state index < -0.39 is 18.1 Å². The third-order valence-corrected chi connectivity index (χ3v) is 5.60. The first-order chi connectivity index (χ1) is 13.1. The number of carbonyl (C=O) groups excluding carboxylic acids is 3. The molecule has 1 aliphatic carbocycles. The largest absolute Gasteiger partial charge is 0.366 e. The smallest absolute Gasteiger partial charge is 0.329 e. The van der Waals surface area contributed by atoms with Gasteiger partial charge in [0, 0.05) is 19.3 Å². The SMILES string of the molecule is CN1C=C(C(=O)NC2CCCCC2)C2NC(=O)N(c3ccccc3)C(=O)C21. The van der Waals surface area contributed by atoms with Crippen molar-refractivity contribution in [2.24, 2.45) is 0 Å². The van der Waals surface area contributed by atoms with Gasteiger partial charge in [0.25, 0.3) is 11.8 Å². The molecule has 0 bridgehead atoms. The predicted octanol–water partition coefficient (Wildman–Crippen LogP) is 1.76. The average molecular weight is 368 g/mol. The summed E-state index contributed by atoms with van der Waals surface area (Å²) in [5, 5.41) is 5.93. The van der Waals surface area contributed by atoms with Gasteiger partial charge in [0.1, 0.15) is 6.04 Å². The number of hydrogen-bond donors (Lipinski definition) is 2. The summed E-state index contributed by atoms with van der Waals surface area (Å²) >= 11 is 0. The molecule has 2 fully saturated rings. The summed E-state index contributed by atoms with van der Waals surface area (Å²) < 4.78 is 0. The highest BCUT2D eigenvalue weighted by Crippen LogP contribution is 2.29. The van der Waals surface area contributed by atoms with Gasteiger partial charge >= 0.3 is 6.03 Å². The third kappa shape index (κ3) is 3.18. The number of urea groups is 1. The van der Waals surface area contributed by atoms with Gasteiger partial charge in [-0.25, -0.2) is 9.69 Å². The molecule has 7 nitrogen and oxygen atoms in total. The number of carbonyl (C=O) groups is 3. The zero-order valence-electron chi connectivity index (χ0n) is 15.4. The summed E-state index contributed by atoms with van der Waals surface area (Å²) in [6.07, 6.45) is 7.10. The summed E-state index contributed by atoms with van der Waals surface area (Å²) in [7, 11) is 1.76. The number of amides is 4. The van der Waals surface area contributed by atoms with Crippen LogP contribution in [0.4, 0.5) is 10.5 Å². The molecule has 2 heterocycles. The fourth-order valence-electron chi connectivity index (χ4n) is 4.23. The van der Waals surface area contributed by atoms with Crippen molar-refractivity contribution in [2.75, 3.05) is 11.9 Å². The Morgan fingerprint density at radius 3 is 2.52 bits per heavy atom. The molecule has 0 radical (unpaired) electrons. The molecule has 7 heteroatoms. The van der Waals surface area contributed by atoms with E-state index in [1.54, 1.807) is 42.4 Å². The molecule has 0 spiro atoms. The van der Waals surface area contributed by atoms with Crippen LogP contribution in [0, 0.1) is 0 Å². The van der Waals surface area contributed by atoms with Crippen molar-refractivity contribution >= 4 is 23.5 Å². The van der Waals surface area contributed by atoms with E-state index in [9.17, 15) is 14.4 Å². The van der Waals surface area contributed by atoms with Crippen molar-refractivity contribution in [2.45, 2.75) is 50.2 Å². The van der Waals surface area contributed by atoms with Crippen LogP contribution in [0.25, 0.3) is 0 Å². The van der Waals surface area contributed by atoms with Crippen LogP contribution in [0.3, 0.4) is 0 Å². The monoisotopic (exact) mass is 368 g/mol. The number of hydrogen-bond acceptors (Lipinski definition) is 4. The molecule has 142 valence electrons. The minimum absolute atomic E-state index is 0.173. The van der Waals surface area contributed by atoms with Crippen LogP contribution in [-0.4, -0.2) is 47.9 Å². The molecule has 0 aromatic heterocycles. The van der Waals surface area contributed by atoms with Gasteiger partial charge in [0.2, 0.25) is 0 Å². The lowest BCUT2D eigenvalue weighted by atomic mass is 9.94. The molecule has 1 aromatic carbocycles. The summed E-state index contributed by atoms with van der Waals surface area (Å²) in [5.74, 6) is -0.517. The lowest BCUT2D eigenvalue weighted by Gasteiger charge is -2.37. The van der Waals surface area contributed by atoms with Gasteiger partial charge in [0.05, 0.1) is 17.3 Å². The van der Waals surface area contributed by atoms with Crippen LogP contribution in [0.1, 0.15) is 32.1 Å². The van der Waals surface area contributed by atoms with Crippen LogP contribution in [-0.2, 0) is 9.59 Å². The van der Waals surface area contributed by atoms with Crippen molar-refractivity contribution in [1.29, 1.82) is 0 Å². The number of nitrogens with one attached hydrogen (secondary N) is 2. The van der Waals surface area contributed by atoms with Crippen LogP contribution in [0.5, 0.6) is 0 Å². The van der Waals surface area contributed by atoms with E-state index in [1.807, 2.05) is 6.07 Å². The van der Waals surface area contributed by atoms with Gasteiger partial charge in [-0.1, -0.05) is 37.5 Å². The maximum absolute atomic E-state index is 13.0. The summed E-state index contributed by atoms with van der Waals surface area (Å²) in [6, 6.07) is 7.26. The van der Waals surface area contributed by atoms with E-state index in [-0.39, 0.29) is 17.9 Å². The summed E-state index contributed by atoms with van der Waals surface area (Å²) in [6.45, 7) is 0. The van der Waals surface area contributed by atoms with Crippen LogP contribution < -0.4 is 15.5 Å². The number of para-hydroxylation sites is 1. The third-order valence-electron chi connectivity index (χ3n) is 5.60. The molecule has 2 aliphatic heterocycles. The number of benzene rings is 1. The first-order valence-electron chi connectivity index (χ1n) is 9.50. The molecule has 1 aromatic rings. The predicted molar refractivity (Wildman–Crippen MR) is 101 cm³/mol. The van der Waals surface area contributed by atoms with Gasteiger partial charge in [-0.15, -0.1) is 0 Å². The Morgan fingerprint density at radius 2 is 1.81 bits per heavy atom. The molecular formula is C20H24N4O3. The molecule has 2 unspecified atom stereocenters. The molecule has 3 aliphatic rings. The Morgan fingerprint density at radius 1 is 1.11 bits per heavy atom. The quantitative estimate of drug-likeness (QED) is 0.852. The molecule has 1 saturated carbocycles. The normalized spacial score (nSPS) is 25.7. The highest BCUT2D eigenvalue weighted by Gasteiger charge is 2.49. The Hall–Kier alpha value is -2.83. The molecule has 4 rings (SSSR count). The fourth-order valence-corrected chi connectivity index (χ4v) is 4.23. The second-order valence-electron chi connectivity index (χ2n) is 7.44. The Kier molecular flexibility index (Phi) is 4.59.